The fraction of sp³-hybridized carbons (Fsp3) is 0.273. The maximum atomic E-state index is 14.7. The number of nitrogens with zero attached hydrogens (tertiary/aromatic N) is 4. The maximum absolute atomic E-state index is 14.7. The maximum Gasteiger partial charge on any atom is 0.416 e. The highest BCUT2D eigenvalue weighted by Crippen LogP contribution is 2.30. The van der Waals surface area contributed by atoms with Crippen molar-refractivity contribution in [2.45, 2.75) is 44.7 Å². The zero-order valence-electron chi connectivity index (χ0n) is 30.4. The van der Waals surface area contributed by atoms with E-state index in [0.29, 0.717) is 31.7 Å². The lowest BCUT2D eigenvalue weighted by Crippen LogP contribution is -2.56. The van der Waals surface area contributed by atoms with Gasteiger partial charge in [-0.25, -0.2) is 0 Å². The van der Waals surface area contributed by atoms with Gasteiger partial charge in [0.25, 0.3) is 0 Å². The van der Waals surface area contributed by atoms with Gasteiger partial charge in [-0.1, -0.05) is 113 Å². The number of piperazine rings is 1. The fourth-order valence-electron chi connectivity index (χ4n) is 6.82. The van der Waals surface area contributed by atoms with E-state index in [9.17, 15) is 22.8 Å². The summed E-state index contributed by atoms with van der Waals surface area (Å²) < 4.78 is 40.5. The van der Waals surface area contributed by atoms with Crippen LogP contribution in [0.4, 0.5) is 13.2 Å². The molecule has 6 rings (SSSR count). The van der Waals surface area contributed by atoms with E-state index in [0.717, 1.165) is 45.5 Å². The molecule has 1 unspecified atom stereocenters. The SMILES string of the molecule is CC1C=CC=C(c2ccc(CN(C(=O)/C=C/c3ccc(C(F)(F)F)cc3)[C@@H](Cc3ccccc3Br)C(=O)N3CCN(Cc4ccccc4)CC3)cc2)N1C. The van der Waals surface area contributed by atoms with Gasteiger partial charge in [-0.2, -0.15) is 13.2 Å². The van der Waals surface area contributed by atoms with Crippen molar-refractivity contribution in [3.8, 4) is 0 Å². The monoisotopic (exact) mass is 796 g/mol. The van der Waals surface area contributed by atoms with Crippen molar-refractivity contribution in [2.75, 3.05) is 33.2 Å². The van der Waals surface area contributed by atoms with Crippen molar-refractivity contribution in [3.05, 3.63) is 165 Å². The van der Waals surface area contributed by atoms with Crippen molar-refractivity contribution in [1.82, 2.24) is 19.6 Å². The van der Waals surface area contributed by atoms with Crippen LogP contribution in [-0.2, 0) is 35.3 Å². The molecule has 0 aromatic heterocycles. The van der Waals surface area contributed by atoms with Gasteiger partial charge < -0.3 is 14.7 Å². The quantitative estimate of drug-likeness (QED) is 0.143. The molecule has 4 aromatic rings. The first kappa shape index (κ1) is 38.8. The van der Waals surface area contributed by atoms with E-state index in [1.165, 1.54) is 29.8 Å². The Bertz CT molecular complexity index is 1990. The summed E-state index contributed by atoms with van der Waals surface area (Å²) in [6.07, 6.45) is 4.91. The normalized spacial score (nSPS) is 17.1. The van der Waals surface area contributed by atoms with Gasteiger partial charge in [0.05, 0.1) is 5.56 Å². The second-order valence-corrected chi connectivity index (χ2v) is 14.7. The first-order valence-corrected chi connectivity index (χ1v) is 18.9. The Labute approximate surface area is 324 Å². The molecular weight excluding hydrogens is 753 g/mol. The summed E-state index contributed by atoms with van der Waals surface area (Å²) in [5.41, 5.74) is 4.73. The highest BCUT2D eigenvalue weighted by molar-refractivity contribution is 9.10. The zero-order valence-corrected chi connectivity index (χ0v) is 32.0. The van der Waals surface area contributed by atoms with Crippen LogP contribution in [0.3, 0.4) is 0 Å². The van der Waals surface area contributed by atoms with E-state index >= 15 is 0 Å². The summed E-state index contributed by atoms with van der Waals surface area (Å²) in [4.78, 5) is 37.0. The number of amides is 2. The van der Waals surface area contributed by atoms with Crippen molar-refractivity contribution in [2.24, 2.45) is 0 Å². The molecule has 1 saturated heterocycles. The van der Waals surface area contributed by atoms with Crippen LogP contribution in [0.25, 0.3) is 11.8 Å². The molecule has 0 N–H and O–H groups in total. The molecule has 4 aromatic carbocycles. The minimum Gasteiger partial charge on any atom is -0.368 e. The highest BCUT2D eigenvalue weighted by Gasteiger charge is 2.35. The minimum atomic E-state index is -4.46. The van der Waals surface area contributed by atoms with Gasteiger partial charge in [-0.3, -0.25) is 14.5 Å². The summed E-state index contributed by atoms with van der Waals surface area (Å²) >= 11 is 3.65. The van der Waals surface area contributed by atoms with Crippen molar-refractivity contribution in [1.29, 1.82) is 0 Å². The summed E-state index contributed by atoms with van der Waals surface area (Å²) in [5.74, 6) is -0.562. The van der Waals surface area contributed by atoms with Crippen molar-refractivity contribution < 1.29 is 22.8 Å². The molecule has 2 aliphatic rings. The second-order valence-electron chi connectivity index (χ2n) is 13.8. The second kappa shape index (κ2) is 17.5. The zero-order chi connectivity index (χ0) is 38.2. The first-order valence-electron chi connectivity index (χ1n) is 18.1. The molecule has 2 aliphatic heterocycles. The molecule has 6 nitrogen and oxygen atoms in total. The molecular formula is C44H44BrF3N4O2. The van der Waals surface area contributed by atoms with Gasteiger partial charge in [0.1, 0.15) is 6.04 Å². The van der Waals surface area contributed by atoms with Crippen molar-refractivity contribution >= 4 is 39.5 Å². The van der Waals surface area contributed by atoms with Gasteiger partial charge in [0.15, 0.2) is 0 Å². The molecule has 2 heterocycles. The molecule has 0 saturated carbocycles. The molecule has 0 radical (unpaired) electrons. The fourth-order valence-corrected chi connectivity index (χ4v) is 7.27. The third-order valence-corrected chi connectivity index (χ3v) is 10.9. The molecule has 54 heavy (non-hydrogen) atoms. The topological polar surface area (TPSA) is 47.1 Å². The molecule has 1 fully saturated rings. The minimum absolute atomic E-state index is 0.146. The number of hydrogen-bond acceptors (Lipinski definition) is 4. The number of benzene rings is 4. The Morgan fingerprint density at radius 1 is 0.870 bits per heavy atom. The number of carbonyl (C=O) groups excluding carboxylic acids is 2. The van der Waals surface area contributed by atoms with E-state index in [2.05, 4.69) is 70.1 Å². The smallest absolute Gasteiger partial charge is 0.368 e. The van der Waals surface area contributed by atoms with Crippen LogP contribution in [0, 0.1) is 0 Å². The largest absolute Gasteiger partial charge is 0.416 e. The third kappa shape index (κ3) is 9.78. The predicted octanol–water partition coefficient (Wildman–Crippen LogP) is 8.70. The molecule has 280 valence electrons. The van der Waals surface area contributed by atoms with Gasteiger partial charge in [-0.15, -0.1) is 0 Å². The van der Waals surface area contributed by atoms with Gasteiger partial charge in [0.2, 0.25) is 11.8 Å². The van der Waals surface area contributed by atoms with Crippen molar-refractivity contribution in [3.63, 3.8) is 0 Å². The lowest BCUT2D eigenvalue weighted by atomic mass is 10.0. The number of carbonyl (C=O) groups is 2. The van der Waals surface area contributed by atoms with E-state index in [4.69, 9.17) is 0 Å². The van der Waals surface area contributed by atoms with Crippen LogP contribution in [0.15, 0.2) is 132 Å². The summed E-state index contributed by atoms with van der Waals surface area (Å²) in [6.45, 7) is 5.51. The van der Waals surface area contributed by atoms with Gasteiger partial charge >= 0.3 is 6.18 Å². The van der Waals surface area contributed by atoms with Gasteiger partial charge in [-0.05, 0) is 65.1 Å². The Balaban J connectivity index is 1.30. The van der Waals surface area contributed by atoms with Crippen LogP contribution >= 0.6 is 15.9 Å². The molecule has 0 bridgehead atoms. The molecule has 0 aliphatic carbocycles. The Morgan fingerprint density at radius 2 is 1.54 bits per heavy atom. The van der Waals surface area contributed by atoms with Crippen LogP contribution in [0.5, 0.6) is 0 Å². The molecule has 10 heteroatoms. The average Bonchev–Trinajstić information content (AvgIpc) is 3.17. The lowest BCUT2D eigenvalue weighted by molar-refractivity contribution is -0.145. The Morgan fingerprint density at radius 3 is 2.20 bits per heavy atom. The van der Waals surface area contributed by atoms with E-state index in [-0.39, 0.29) is 24.9 Å². The number of allylic oxidation sites excluding steroid dienone is 2. The third-order valence-electron chi connectivity index (χ3n) is 10.1. The number of rotatable bonds is 11. The van der Waals surface area contributed by atoms with Crippen LogP contribution in [0.1, 0.15) is 40.3 Å². The molecule has 2 atom stereocenters. The standard InChI is InChI=1S/C44H44BrF3N4O2/c1-32-9-8-14-40(49(32)2)36-20-15-35(16-21-36)31-52(42(53)24-19-33-17-22-38(23-18-33)44(46,47)48)41(29-37-12-6-7-13-39(37)45)43(54)51-27-25-50(26-28-51)30-34-10-4-3-5-11-34/h3-24,32,41H,25-31H2,1-2H3/b24-19+/t32?,41-/m0/s1. The highest BCUT2D eigenvalue weighted by atomic mass is 79.9. The summed E-state index contributed by atoms with van der Waals surface area (Å²) in [5, 5.41) is 0. The number of likely N-dealkylation sites (N-methyl/N-ethyl adjacent to an activating group) is 1. The number of halogens is 4. The first-order chi connectivity index (χ1) is 26.0. The van der Waals surface area contributed by atoms with Crippen LogP contribution in [-0.4, -0.2) is 76.7 Å². The molecule has 2 amide bonds. The Hall–Kier alpha value is -4.93. The molecule has 0 spiro atoms. The van der Waals surface area contributed by atoms with Gasteiger partial charge in [0, 0.05) is 75.0 Å². The van der Waals surface area contributed by atoms with E-state index in [1.807, 2.05) is 71.6 Å². The predicted molar refractivity (Wildman–Crippen MR) is 212 cm³/mol. The van der Waals surface area contributed by atoms with E-state index in [1.54, 1.807) is 4.90 Å². The lowest BCUT2D eigenvalue weighted by Gasteiger charge is -2.39. The van der Waals surface area contributed by atoms with E-state index < -0.39 is 23.7 Å². The van der Waals surface area contributed by atoms with Crippen LogP contribution in [0.2, 0.25) is 0 Å². The summed E-state index contributed by atoms with van der Waals surface area (Å²) in [7, 11) is 2.05. The Kier molecular flexibility index (Phi) is 12.6. The number of hydrogen-bond donors (Lipinski definition) is 0. The number of alkyl halides is 3. The average molecular weight is 798 g/mol. The van der Waals surface area contributed by atoms with Crippen LogP contribution < -0.4 is 0 Å². The summed E-state index contributed by atoms with van der Waals surface area (Å²) in [6, 6.07) is 30.0.